The van der Waals surface area contributed by atoms with Crippen molar-refractivity contribution in [3.05, 3.63) is 95.8 Å². The Morgan fingerprint density at radius 3 is 2.21 bits per heavy atom. The van der Waals surface area contributed by atoms with Crippen LogP contribution in [0.5, 0.6) is 0 Å². The molecule has 0 saturated carbocycles. The van der Waals surface area contributed by atoms with E-state index < -0.39 is 0 Å². The Morgan fingerprint density at radius 2 is 1.45 bits per heavy atom. The number of anilines is 1. The molecule has 0 aliphatic rings. The highest BCUT2D eigenvalue weighted by Crippen LogP contribution is 2.26. The first kappa shape index (κ1) is 20.7. The second-order valence-corrected chi connectivity index (χ2v) is 8.16. The van der Waals surface area contributed by atoms with E-state index in [0.29, 0.717) is 6.54 Å². The maximum Gasteiger partial charge on any atom is 0.154 e. The molecule has 0 fully saturated rings. The maximum absolute atomic E-state index is 4.79. The number of benzene rings is 1. The summed E-state index contributed by atoms with van der Waals surface area (Å²) < 4.78 is 0. The van der Waals surface area contributed by atoms with Crippen LogP contribution in [0.4, 0.5) is 5.82 Å². The molecule has 0 saturated heterocycles. The second-order valence-electron chi connectivity index (χ2n) is 8.16. The maximum atomic E-state index is 4.79. The van der Waals surface area contributed by atoms with Gasteiger partial charge >= 0.3 is 0 Å². The molecule has 0 bridgehead atoms. The van der Waals surface area contributed by atoms with Crippen molar-refractivity contribution in [1.82, 2.24) is 24.9 Å². The molecule has 0 atom stereocenters. The number of aromatic nitrogens is 5. The van der Waals surface area contributed by atoms with Crippen molar-refractivity contribution >= 4 is 16.9 Å². The minimum atomic E-state index is 0.648. The largest absolute Gasteiger partial charge is 0.364 e. The molecule has 0 aliphatic heterocycles. The first-order valence-electron chi connectivity index (χ1n) is 10.9. The molecule has 4 aromatic heterocycles. The van der Waals surface area contributed by atoms with Gasteiger partial charge in [-0.1, -0.05) is 18.2 Å². The Bertz CT molecular complexity index is 1460. The highest BCUT2D eigenvalue weighted by atomic mass is 15.0. The van der Waals surface area contributed by atoms with E-state index in [1.807, 2.05) is 44.3 Å². The van der Waals surface area contributed by atoms with Crippen LogP contribution < -0.4 is 5.32 Å². The first-order chi connectivity index (χ1) is 16.1. The molecule has 0 radical (unpaired) electrons. The summed E-state index contributed by atoms with van der Waals surface area (Å²) in [5, 5.41) is 3.43. The van der Waals surface area contributed by atoms with Gasteiger partial charge in [-0.15, -0.1) is 0 Å². The number of aryl methyl sites for hydroxylation is 3. The molecule has 1 N–H and O–H groups in total. The van der Waals surface area contributed by atoms with Gasteiger partial charge in [-0.2, -0.15) is 0 Å². The molecule has 33 heavy (non-hydrogen) atoms. The van der Waals surface area contributed by atoms with Crippen LogP contribution in [0.15, 0.2) is 73.3 Å². The van der Waals surface area contributed by atoms with Crippen molar-refractivity contribution in [1.29, 1.82) is 0 Å². The topological polar surface area (TPSA) is 76.5 Å². The minimum absolute atomic E-state index is 0.648. The summed E-state index contributed by atoms with van der Waals surface area (Å²) in [7, 11) is 0. The zero-order valence-electron chi connectivity index (χ0n) is 18.9. The molecular formula is C27H24N6. The van der Waals surface area contributed by atoms with Gasteiger partial charge in [0.15, 0.2) is 5.82 Å². The Kier molecular flexibility index (Phi) is 5.48. The molecule has 6 nitrogen and oxygen atoms in total. The van der Waals surface area contributed by atoms with Crippen molar-refractivity contribution in [3.8, 4) is 22.4 Å². The van der Waals surface area contributed by atoms with E-state index in [1.54, 1.807) is 18.6 Å². The number of fused-ring (bicyclic) bond motifs is 1. The molecule has 0 unspecified atom stereocenters. The first-order valence-corrected chi connectivity index (χ1v) is 10.9. The van der Waals surface area contributed by atoms with E-state index in [-0.39, 0.29) is 0 Å². The van der Waals surface area contributed by atoms with Gasteiger partial charge in [0.25, 0.3) is 0 Å². The molecular weight excluding hydrogens is 408 g/mol. The Labute approximate surface area is 192 Å². The van der Waals surface area contributed by atoms with Gasteiger partial charge in [0, 0.05) is 42.1 Å². The van der Waals surface area contributed by atoms with E-state index in [2.05, 4.69) is 56.4 Å². The molecule has 6 heteroatoms. The number of nitrogens with one attached hydrogen (secondary N) is 1. The van der Waals surface area contributed by atoms with Gasteiger partial charge in [0.1, 0.15) is 5.52 Å². The third-order valence-corrected chi connectivity index (χ3v) is 5.61. The van der Waals surface area contributed by atoms with E-state index in [4.69, 9.17) is 4.98 Å². The lowest BCUT2D eigenvalue weighted by Gasteiger charge is -2.12. The summed E-state index contributed by atoms with van der Waals surface area (Å²) >= 11 is 0. The average molecular weight is 433 g/mol. The Morgan fingerprint density at radius 1 is 0.727 bits per heavy atom. The highest BCUT2D eigenvalue weighted by Gasteiger charge is 2.09. The molecule has 4 heterocycles. The summed E-state index contributed by atoms with van der Waals surface area (Å²) in [5.41, 5.74) is 10.2. The summed E-state index contributed by atoms with van der Waals surface area (Å²) in [5.74, 6) is 0.726. The van der Waals surface area contributed by atoms with E-state index in [1.165, 1.54) is 22.3 Å². The lowest BCUT2D eigenvalue weighted by Crippen LogP contribution is -2.04. The zero-order valence-corrected chi connectivity index (χ0v) is 18.9. The molecule has 162 valence electrons. The lowest BCUT2D eigenvalue weighted by molar-refractivity contribution is 1.10. The normalized spacial score (nSPS) is 11.0. The van der Waals surface area contributed by atoms with E-state index in [0.717, 1.165) is 39.5 Å². The summed E-state index contributed by atoms with van der Waals surface area (Å²) in [6, 6.07) is 16.5. The molecule has 0 aliphatic carbocycles. The predicted octanol–water partition coefficient (Wildman–Crippen LogP) is 5.69. The van der Waals surface area contributed by atoms with Crippen molar-refractivity contribution in [2.24, 2.45) is 0 Å². The van der Waals surface area contributed by atoms with Crippen LogP contribution in [0.25, 0.3) is 33.4 Å². The standard InChI is InChI=1S/C27H24N6/c1-17-12-20(4-5-23(17)21-6-9-28-18(2)13-21)15-32-27-26-24(8-11-30-27)33-25(16-31-26)22-7-10-29-19(3)14-22/h4-14,16H,15H2,1-3H3,(H,30,32). The number of hydrogen-bond donors (Lipinski definition) is 1. The Balaban J connectivity index is 1.38. The summed E-state index contributed by atoms with van der Waals surface area (Å²) in [4.78, 5) is 22.5. The molecule has 0 amide bonds. The number of pyridine rings is 3. The fourth-order valence-electron chi connectivity index (χ4n) is 3.98. The summed E-state index contributed by atoms with van der Waals surface area (Å²) in [6.07, 6.45) is 7.20. The van der Waals surface area contributed by atoms with Gasteiger partial charge in [0.2, 0.25) is 0 Å². The van der Waals surface area contributed by atoms with Crippen LogP contribution in [0.3, 0.4) is 0 Å². The van der Waals surface area contributed by atoms with Crippen molar-refractivity contribution in [3.63, 3.8) is 0 Å². The highest BCUT2D eigenvalue weighted by molar-refractivity contribution is 5.86. The van der Waals surface area contributed by atoms with E-state index in [9.17, 15) is 0 Å². The minimum Gasteiger partial charge on any atom is -0.364 e. The van der Waals surface area contributed by atoms with Crippen LogP contribution in [0, 0.1) is 20.8 Å². The monoisotopic (exact) mass is 432 g/mol. The average Bonchev–Trinajstić information content (AvgIpc) is 2.82. The fraction of sp³-hybridized carbons (Fsp3) is 0.148. The van der Waals surface area contributed by atoms with Crippen LogP contribution in [-0.2, 0) is 6.54 Å². The van der Waals surface area contributed by atoms with Gasteiger partial charge in [-0.25, -0.2) is 15.0 Å². The molecule has 1 aromatic carbocycles. The van der Waals surface area contributed by atoms with Crippen molar-refractivity contribution in [2.45, 2.75) is 27.3 Å². The SMILES string of the molecule is Cc1cc(-c2cnc3c(NCc4ccc(-c5ccnc(C)c5)c(C)c4)nccc3n2)ccn1. The lowest BCUT2D eigenvalue weighted by atomic mass is 9.98. The molecule has 5 rings (SSSR count). The number of rotatable bonds is 5. The van der Waals surface area contributed by atoms with Crippen LogP contribution in [0.1, 0.15) is 22.5 Å². The molecule has 0 spiro atoms. The van der Waals surface area contributed by atoms with Gasteiger partial charge in [-0.3, -0.25) is 9.97 Å². The Hall–Kier alpha value is -4.19. The fourth-order valence-corrected chi connectivity index (χ4v) is 3.98. The van der Waals surface area contributed by atoms with Crippen LogP contribution in [-0.4, -0.2) is 24.9 Å². The van der Waals surface area contributed by atoms with Crippen molar-refractivity contribution < 1.29 is 0 Å². The van der Waals surface area contributed by atoms with Gasteiger partial charge in [-0.05, 0) is 73.4 Å². The smallest absolute Gasteiger partial charge is 0.154 e. The van der Waals surface area contributed by atoms with Gasteiger partial charge < -0.3 is 5.32 Å². The quantitative estimate of drug-likeness (QED) is 0.385. The number of nitrogens with zero attached hydrogens (tertiary/aromatic N) is 5. The number of hydrogen-bond acceptors (Lipinski definition) is 6. The third kappa shape index (κ3) is 4.41. The molecule has 5 aromatic rings. The third-order valence-electron chi connectivity index (χ3n) is 5.61. The van der Waals surface area contributed by atoms with Crippen molar-refractivity contribution in [2.75, 3.05) is 5.32 Å². The van der Waals surface area contributed by atoms with Crippen LogP contribution in [0.2, 0.25) is 0 Å². The van der Waals surface area contributed by atoms with Crippen LogP contribution >= 0.6 is 0 Å². The second kappa shape index (κ2) is 8.74. The van der Waals surface area contributed by atoms with Gasteiger partial charge in [0.05, 0.1) is 17.4 Å². The summed E-state index contributed by atoms with van der Waals surface area (Å²) in [6.45, 7) is 6.77. The predicted molar refractivity (Wildman–Crippen MR) is 132 cm³/mol. The van der Waals surface area contributed by atoms with E-state index >= 15 is 0 Å². The zero-order chi connectivity index (χ0) is 22.8.